The van der Waals surface area contributed by atoms with Crippen molar-refractivity contribution in [3.8, 4) is 5.75 Å². The van der Waals surface area contributed by atoms with Crippen molar-refractivity contribution in [3.63, 3.8) is 0 Å². The summed E-state index contributed by atoms with van der Waals surface area (Å²) in [4.78, 5) is 23.2. The van der Waals surface area contributed by atoms with E-state index in [0.717, 1.165) is 0 Å². The molecular weight excluding hydrogens is 268 g/mol. The summed E-state index contributed by atoms with van der Waals surface area (Å²) in [7, 11) is 0. The molecule has 104 valence electrons. The molecule has 0 saturated carbocycles. The second-order valence-electron chi connectivity index (χ2n) is 4.54. The second-order valence-corrected chi connectivity index (χ2v) is 4.95. The van der Waals surface area contributed by atoms with Crippen molar-refractivity contribution in [2.75, 3.05) is 13.1 Å². The third-order valence-electron chi connectivity index (χ3n) is 2.31. The minimum Gasteiger partial charge on any atom is -0.508 e. The molecule has 2 amide bonds. The Labute approximate surface area is 117 Å². The van der Waals surface area contributed by atoms with Crippen LogP contribution < -0.4 is 10.6 Å². The fourth-order valence-corrected chi connectivity index (χ4v) is 1.53. The van der Waals surface area contributed by atoms with E-state index in [1.54, 1.807) is 0 Å². The van der Waals surface area contributed by atoms with Crippen LogP contribution in [-0.4, -0.2) is 30.0 Å². The zero-order valence-corrected chi connectivity index (χ0v) is 11.6. The zero-order valence-electron chi connectivity index (χ0n) is 10.9. The van der Waals surface area contributed by atoms with Gasteiger partial charge < -0.3 is 15.7 Å². The van der Waals surface area contributed by atoms with Gasteiger partial charge in [0, 0.05) is 6.54 Å². The van der Waals surface area contributed by atoms with Crippen LogP contribution >= 0.6 is 11.6 Å². The van der Waals surface area contributed by atoms with E-state index < -0.39 is 5.91 Å². The molecule has 0 aliphatic carbocycles. The van der Waals surface area contributed by atoms with E-state index in [4.69, 9.17) is 11.6 Å². The lowest BCUT2D eigenvalue weighted by atomic mass is 10.2. The predicted octanol–water partition coefficient (Wildman–Crippen LogP) is 1.55. The summed E-state index contributed by atoms with van der Waals surface area (Å²) in [5.74, 6) is -0.474. The Balaban J connectivity index is 2.51. The van der Waals surface area contributed by atoms with Crippen LogP contribution in [0.25, 0.3) is 0 Å². The summed E-state index contributed by atoms with van der Waals surface area (Å²) in [6.45, 7) is 4.38. The molecule has 0 aliphatic heterocycles. The molecule has 19 heavy (non-hydrogen) atoms. The maximum Gasteiger partial charge on any atom is 0.253 e. The van der Waals surface area contributed by atoms with Gasteiger partial charge in [-0.25, -0.2) is 0 Å². The van der Waals surface area contributed by atoms with Crippen molar-refractivity contribution in [1.29, 1.82) is 0 Å². The number of carbonyl (C=O) groups excluding carboxylic acids is 2. The molecule has 0 saturated heterocycles. The third kappa shape index (κ3) is 5.18. The Morgan fingerprint density at radius 1 is 1.32 bits per heavy atom. The number of halogens is 1. The highest BCUT2D eigenvalue weighted by Gasteiger charge is 2.12. The van der Waals surface area contributed by atoms with E-state index in [-0.39, 0.29) is 28.8 Å². The van der Waals surface area contributed by atoms with Crippen LogP contribution in [-0.2, 0) is 4.79 Å². The second kappa shape index (κ2) is 6.99. The highest BCUT2D eigenvalue weighted by molar-refractivity contribution is 6.33. The molecule has 0 atom stereocenters. The third-order valence-corrected chi connectivity index (χ3v) is 2.64. The zero-order chi connectivity index (χ0) is 14.4. The number of phenols is 1. The molecule has 0 bridgehead atoms. The Morgan fingerprint density at radius 3 is 2.63 bits per heavy atom. The highest BCUT2D eigenvalue weighted by Crippen LogP contribution is 2.20. The van der Waals surface area contributed by atoms with Crippen molar-refractivity contribution in [2.24, 2.45) is 5.92 Å². The predicted molar refractivity (Wildman–Crippen MR) is 73.3 cm³/mol. The fraction of sp³-hybridized carbons (Fsp3) is 0.385. The molecular formula is C13H17ClN2O3. The van der Waals surface area contributed by atoms with Gasteiger partial charge in [-0.2, -0.15) is 0 Å². The van der Waals surface area contributed by atoms with E-state index >= 15 is 0 Å². The maximum atomic E-state index is 11.8. The van der Waals surface area contributed by atoms with Gasteiger partial charge in [-0.15, -0.1) is 0 Å². The maximum absolute atomic E-state index is 11.8. The Hall–Kier alpha value is -1.75. The molecule has 5 nitrogen and oxygen atoms in total. The molecule has 6 heteroatoms. The van der Waals surface area contributed by atoms with Gasteiger partial charge in [0.05, 0.1) is 17.1 Å². The number of benzene rings is 1. The quantitative estimate of drug-likeness (QED) is 0.767. The summed E-state index contributed by atoms with van der Waals surface area (Å²) in [5, 5.41) is 14.6. The molecule has 0 aromatic heterocycles. The summed E-state index contributed by atoms with van der Waals surface area (Å²) >= 11 is 5.84. The summed E-state index contributed by atoms with van der Waals surface area (Å²) < 4.78 is 0. The number of amides is 2. The summed E-state index contributed by atoms with van der Waals surface area (Å²) in [5.41, 5.74) is 0.137. The molecule has 1 rings (SSSR count). The normalized spacial score (nSPS) is 10.3. The Bertz CT molecular complexity index is 475. The molecule has 0 heterocycles. The van der Waals surface area contributed by atoms with Crippen LogP contribution in [0.15, 0.2) is 18.2 Å². The van der Waals surface area contributed by atoms with Crippen molar-refractivity contribution < 1.29 is 14.7 Å². The number of aromatic hydroxyl groups is 1. The van der Waals surface area contributed by atoms with Gasteiger partial charge >= 0.3 is 0 Å². The molecule has 1 aromatic carbocycles. The number of hydrogen-bond acceptors (Lipinski definition) is 3. The van der Waals surface area contributed by atoms with Crippen LogP contribution in [0.4, 0.5) is 0 Å². The number of carbonyl (C=O) groups is 2. The van der Waals surface area contributed by atoms with Gasteiger partial charge in [-0.05, 0) is 24.1 Å². The van der Waals surface area contributed by atoms with Crippen LogP contribution in [0, 0.1) is 5.92 Å². The average Bonchev–Trinajstić information content (AvgIpc) is 2.36. The number of rotatable bonds is 5. The molecule has 0 radical (unpaired) electrons. The van der Waals surface area contributed by atoms with Gasteiger partial charge in [0.15, 0.2) is 0 Å². The van der Waals surface area contributed by atoms with Crippen LogP contribution in [0.2, 0.25) is 5.02 Å². The summed E-state index contributed by atoms with van der Waals surface area (Å²) in [6, 6.07) is 4.06. The van der Waals surface area contributed by atoms with Crippen LogP contribution in [0.3, 0.4) is 0 Å². The lowest BCUT2D eigenvalue weighted by Gasteiger charge is -2.09. The molecule has 0 aliphatic rings. The van der Waals surface area contributed by atoms with E-state index in [0.29, 0.717) is 12.5 Å². The van der Waals surface area contributed by atoms with Crippen molar-refractivity contribution in [3.05, 3.63) is 28.8 Å². The van der Waals surface area contributed by atoms with Crippen molar-refractivity contribution >= 4 is 23.4 Å². The largest absolute Gasteiger partial charge is 0.508 e. The molecule has 0 spiro atoms. The van der Waals surface area contributed by atoms with Crippen LogP contribution in [0.1, 0.15) is 24.2 Å². The topological polar surface area (TPSA) is 78.4 Å². The van der Waals surface area contributed by atoms with E-state index in [1.165, 1.54) is 18.2 Å². The fourth-order valence-electron chi connectivity index (χ4n) is 1.32. The summed E-state index contributed by atoms with van der Waals surface area (Å²) in [6.07, 6.45) is 0. The van der Waals surface area contributed by atoms with Gasteiger partial charge in [0.2, 0.25) is 5.91 Å². The number of phenolic OH excluding ortho intramolecular Hbond substituents is 1. The average molecular weight is 285 g/mol. The first-order valence-electron chi connectivity index (χ1n) is 5.93. The van der Waals surface area contributed by atoms with Gasteiger partial charge in [0.25, 0.3) is 5.91 Å². The molecule has 1 aromatic rings. The Kier molecular flexibility index (Phi) is 5.63. The smallest absolute Gasteiger partial charge is 0.253 e. The minimum atomic E-state index is -0.499. The van der Waals surface area contributed by atoms with Gasteiger partial charge in [0.1, 0.15) is 5.75 Å². The molecule has 3 N–H and O–H groups in total. The van der Waals surface area contributed by atoms with E-state index in [2.05, 4.69) is 10.6 Å². The van der Waals surface area contributed by atoms with E-state index in [9.17, 15) is 14.7 Å². The van der Waals surface area contributed by atoms with Gasteiger partial charge in [-0.1, -0.05) is 25.4 Å². The molecule has 0 fully saturated rings. The number of hydrogen-bond donors (Lipinski definition) is 3. The first-order valence-corrected chi connectivity index (χ1v) is 6.31. The number of nitrogens with one attached hydrogen (secondary N) is 2. The van der Waals surface area contributed by atoms with Crippen molar-refractivity contribution in [2.45, 2.75) is 13.8 Å². The van der Waals surface area contributed by atoms with Crippen molar-refractivity contribution in [1.82, 2.24) is 10.6 Å². The van der Waals surface area contributed by atoms with Gasteiger partial charge in [-0.3, -0.25) is 9.59 Å². The lowest BCUT2D eigenvalue weighted by molar-refractivity contribution is -0.120. The monoisotopic (exact) mass is 284 g/mol. The minimum absolute atomic E-state index is 0.0567. The SMILES string of the molecule is CC(C)CNC(=O)CNC(=O)c1cc(O)ccc1Cl. The molecule has 0 unspecified atom stereocenters. The van der Waals surface area contributed by atoms with Crippen LogP contribution in [0.5, 0.6) is 5.75 Å². The van der Waals surface area contributed by atoms with E-state index in [1.807, 2.05) is 13.8 Å². The standard InChI is InChI=1S/C13H17ClN2O3/c1-8(2)6-15-12(18)7-16-13(19)10-5-9(17)3-4-11(10)14/h3-5,8,17H,6-7H2,1-2H3,(H,15,18)(H,16,19). The first-order chi connectivity index (χ1) is 8.90. The lowest BCUT2D eigenvalue weighted by Crippen LogP contribution is -2.38. The highest BCUT2D eigenvalue weighted by atomic mass is 35.5. The first kappa shape index (κ1) is 15.3. The Morgan fingerprint density at radius 2 is 2.00 bits per heavy atom.